The van der Waals surface area contributed by atoms with Crippen LogP contribution in [-0.2, 0) is 6.54 Å². The van der Waals surface area contributed by atoms with Gasteiger partial charge in [0.1, 0.15) is 5.82 Å². The van der Waals surface area contributed by atoms with Crippen molar-refractivity contribution < 1.29 is 9.18 Å². The summed E-state index contributed by atoms with van der Waals surface area (Å²) in [6.45, 7) is 0.187. The van der Waals surface area contributed by atoms with Gasteiger partial charge in [-0.25, -0.2) is 4.39 Å². The molecule has 0 spiro atoms. The van der Waals surface area contributed by atoms with Crippen LogP contribution in [0.3, 0.4) is 0 Å². The number of carbonyl (C=O) groups excluding carboxylic acids is 1. The van der Waals surface area contributed by atoms with Crippen LogP contribution >= 0.6 is 23.2 Å². The highest BCUT2D eigenvalue weighted by Gasteiger charge is 2.13. The lowest BCUT2D eigenvalue weighted by Gasteiger charge is -2.07. The van der Waals surface area contributed by atoms with Crippen molar-refractivity contribution in [2.75, 3.05) is 0 Å². The smallest absolute Gasteiger partial charge is 0.253 e. The highest BCUT2D eigenvalue weighted by atomic mass is 35.5. The monoisotopic (exact) mass is 298 g/mol. The van der Waals surface area contributed by atoms with Gasteiger partial charge in [0.05, 0.1) is 22.8 Å². The second-order valence-electron chi connectivity index (χ2n) is 3.75. The fourth-order valence-corrected chi connectivity index (χ4v) is 1.88. The van der Waals surface area contributed by atoms with Gasteiger partial charge in [-0.05, 0) is 24.3 Å². The molecular weight excluding hydrogens is 290 g/mol. The number of rotatable bonds is 3. The molecule has 0 saturated heterocycles. The molecule has 0 fully saturated rings. The molecule has 3 nitrogen and oxygen atoms in total. The van der Waals surface area contributed by atoms with Crippen LogP contribution in [0, 0.1) is 5.82 Å². The Balaban J connectivity index is 2.08. The van der Waals surface area contributed by atoms with Crippen molar-refractivity contribution in [2.24, 2.45) is 0 Å². The molecule has 0 aliphatic rings. The molecule has 6 heteroatoms. The summed E-state index contributed by atoms with van der Waals surface area (Å²) in [5.74, 6) is -1.10. The summed E-state index contributed by atoms with van der Waals surface area (Å²) in [6, 6.07) is 7.34. The van der Waals surface area contributed by atoms with Gasteiger partial charge in [0.2, 0.25) is 0 Å². The molecule has 1 amide bonds. The number of aromatic nitrogens is 1. The molecule has 0 unspecified atom stereocenters. The summed E-state index contributed by atoms with van der Waals surface area (Å²) in [5, 5.41) is 2.93. The zero-order valence-corrected chi connectivity index (χ0v) is 11.2. The summed E-state index contributed by atoms with van der Waals surface area (Å²) in [5.41, 5.74) is 0.692. The molecule has 1 aromatic heterocycles. The topological polar surface area (TPSA) is 42.0 Å². The molecule has 98 valence electrons. The van der Waals surface area contributed by atoms with Gasteiger partial charge < -0.3 is 5.32 Å². The van der Waals surface area contributed by atoms with Crippen LogP contribution < -0.4 is 5.32 Å². The second kappa shape index (κ2) is 5.99. The molecular formula is C13H9Cl2FN2O. The average Bonchev–Trinajstić information content (AvgIpc) is 2.39. The number of benzene rings is 1. The molecule has 0 aliphatic carbocycles. The zero-order chi connectivity index (χ0) is 13.8. The maximum atomic E-state index is 13.2. The Kier molecular flexibility index (Phi) is 4.35. The maximum absolute atomic E-state index is 13.2. The van der Waals surface area contributed by atoms with Gasteiger partial charge in [0, 0.05) is 11.2 Å². The third kappa shape index (κ3) is 3.43. The van der Waals surface area contributed by atoms with Crippen molar-refractivity contribution >= 4 is 29.1 Å². The summed E-state index contributed by atoms with van der Waals surface area (Å²) in [6.07, 6.45) is 1.54. The number of hydrogen-bond acceptors (Lipinski definition) is 2. The first kappa shape index (κ1) is 13.8. The van der Waals surface area contributed by atoms with Crippen LogP contribution in [0.2, 0.25) is 10.0 Å². The summed E-state index contributed by atoms with van der Waals surface area (Å²) in [4.78, 5) is 15.9. The highest BCUT2D eigenvalue weighted by molar-refractivity contribution is 6.34. The fraction of sp³-hybridized carbons (Fsp3) is 0.0769. The molecule has 0 aliphatic heterocycles. The van der Waals surface area contributed by atoms with E-state index in [1.54, 1.807) is 18.3 Å². The molecule has 2 rings (SSSR count). The van der Waals surface area contributed by atoms with Gasteiger partial charge in [0.25, 0.3) is 5.91 Å². The normalized spacial score (nSPS) is 10.3. The Labute approximate surface area is 119 Å². The first-order valence-electron chi connectivity index (χ1n) is 5.40. The van der Waals surface area contributed by atoms with Crippen LogP contribution in [-0.4, -0.2) is 10.9 Å². The van der Waals surface area contributed by atoms with E-state index in [0.717, 1.165) is 0 Å². The highest BCUT2D eigenvalue weighted by Crippen LogP contribution is 2.19. The quantitative estimate of drug-likeness (QED) is 0.943. The number of carbonyl (C=O) groups is 1. The summed E-state index contributed by atoms with van der Waals surface area (Å²) in [7, 11) is 0. The van der Waals surface area contributed by atoms with E-state index in [4.69, 9.17) is 23.2 Å². The van der Waals surface area contributed by atoms with Gasteiger partial charge >= 0.3 is 0 Å². The lowest BCUT2D eigenvalue weighted by Crippen LogP contribution is -2.23. The van der Waals surface area contributed by atoms with E-state index in [2.05, 4.69) is 10.3 Å². The van der Waals surface area contributed by atoms with Crippen molar-refractivity contribution in [1.82, 2.24) is 10.3 Å². The molecule has 2 aromatic rings. The Morgan fingerprint density at radius 2 is 2.11 bits per heavy atom. The van der Waals surface area contributed by atoms with Gasteiger partial charge in [-0.3, -0.25) is 9.78 Å². The number of hydrogen-bond donors (Lipinski definition) is 1. The van der Waals surface area contributed by atoms with E-state index in [1.807, 2.05) is 0 Å². The molecule has 1 aromatic carbocycles. The Hall–Kier alpha value is -1.65. The molecule has 0 radical (unpaired) electrons. The third-order valence-corrected chi connectivity index (χ3v) is 3.02. The molecule has 0 bridgehead atoms. The SMILES string of the molecule is O=C(NCc1cc(Cl)ccn1)c1cccc(F)c1Cl. The average molecular weight is 299 g/mol. The van der Waals surface area contributed by atoms with Gasteiger partial charge in [-0.1, -0.05) is 29.3 Å². The second-order valence-corrected chi connectivity index (χ2v) is 4.56. The van der Waals surface area contributed by atoms with E-state index in [9.17, 15) is 9.18 Å². The predicted molar refractivity (Wildman–Crippen MR) is 71.8 cm³/mol. The zero-order valence-electron chi connectivity index (χ0n) is 9.66. The maximum Gasteiger partial charge on any atom is 0.253 e. The minimum absolute atomic E-state index is 0.0868. The molecule has 19 heavy (non-hydrogen) atoms. The standard InChI is InChI=1S/C13H9Cl2FN2O/c14-8-4-5-17-9(6-8)7-18-13(19)10-2-1-3-11(16)12(10)15/h1-6H,7H2,(H,18,19). The van der Waals surface area contributed by atoms with Crippen LogP contribution in [0.15, 0.2) is 36.5 Å². The predicted octanol–water partition coefficient (Wildman–Crippen LogP) is 3.46. The van der Waals surface area contributed by atoms with Gasteiger partial charge in [-0.2, -0.15) is 0 Å². The lowest BCUT2D eigenvalue weighted by molar-refractivity contribution is 0.0950. The minimum atomic E-state index is -0.629. The first-order chi connectivity index (χ1) is 9.08. The van der Waals surface area contributed by atoms with Gasteiger partial charge in [-0.15, -0.1) is 0 Å². The molecule has 1 N–H and O–H groups in total. The van der Waals surface area contributed by atoms with Crippen molar-refractivity contribution in [3.8, 4) is 0 Å². The van der Waals surface area contributed by atoms with E-state index >= 15 is 0 Å². The fourth-order valence-electron chi connectivity index (χ4n) is 1.49. The van der Waals surface area contributed by atoms with Crippen molar-refractivity contribution in [3.05, 3.63) is 63.6 Å². The number of halogens is 3. The molecule has 1 heterocycles. The van der Waals surface area contributed by atoms with Crippen molar-refractivity contribution in [2.45, 2.75) is 6.54 Å². The van der Waals surface area contributed by atoms with E-state index < -0.39 is 11.7 Å². The molecule has 0 atom stereocenters. The van der Waals surface area contributed by atoms with Gasteiger partial charge in [0.15, 0.2) is 0 Å². The summed E-state index contributed by atoms with van der Waals surface area (Å²) >= 11 is 11.5. The number of nitrogens with zero attached hydrogens (tertiary/aromatic N) is 1. The summed E-state index contributed by atoms with van der Waals surface area (Å²) < 4.78 is 13.2. The number of pyridine rings is 1. The van der Waals surface area contributed by atoms with Crippen LogP contribution in [0.4, 0.5) is 4.39 Å². The van der Waals surface area contributed by atoms with Crippen molar-refractivity contribution in [1.29, 1.82) is 0 Å². The van der Waals surface area contributed by atoms with E-state index in [0.29, 0.717) is 10.7 Å². The van der Waals surface area contributed by atoms with Crippen LogP contribution in [0.1, 0.15) is 16.1 Å². The van der Waals surface area contributed by atoms with Crippen LogP contribution in [0.5, 0.6) is 0 Å². The van der Waals surface area contributed by atoms with Crippen LogP contribution in [0.25, 0.3) is 0 Å². The number of nitrogens with one attached hydrogen (secondary N) is 1. The third-order valence-electron chi connectivity index (χ3n) is 2.40. The van der Waals surface area contributed by atoms with E-state index in [-0.39, 0.29) is 17.1 Å². The lowest BCUT2D eigenvalue weighted by atomic mass is 10.2. The minimum Gasteiger partial charge on any atom is -0.346 e. The van der Waals surface area contributed by atoms with E-state index in [1.165, 1.54) is 18.2 Å². The largest absolute Gasteiger partial charge is 0.346 e. The Morgan fingerprint density at radius 3 is 2.84 bits per heavy atom. The Morgan fingerprint density at radius 1 is 1.32 bits per heavy atom. The number of amides is 1. The Bertz CT molecular complexity index is 619. The van der Waals surface area contributed by atoms with Crippen molar-refractivity contribution in [3.63, 3.8) is 0 Å². The first-order valence-corrected chi connectivity index (χ1v) is 6.16. The molecule has 0 saturated carbocycles.